The number of methoxy groups -OCH3 is 1. The number of hydrogen-bond donors (Lipinski definition) is 1. The first-order chi connectivity index (χ1) is 16.9. The molecule has 0 saturated carbocycles. The van der Waals surface area contributed by atoms with Gasteiger partial charge in [0.05, 0.1) is 17.9 Å². The van der Waals surface area contributed by atoms with Crippen molar-refractivity contribution in [3.8, 4) is 0 Å². The molecule has 0 amide bonds. The third-order valence-electron chi connectivity index (χ3n) is 5.84. The van der Waals surface area contributed by atoms with Gasteiger partial charge in [-0.15, -0.1) is 0 Å². The molecule has 0 spiro atoms. The summed E-state index contributed by atoms with van der Waals surface area (Å²) in [6.07, 6.45) is 3.48. The van der Waals surface area contributed by atoms with Gasteiger partial charge in [-0.05, 0) is 49.8 Å². The predicted molar refractivity (Wildman–Crippen MR) is 140 cm³/mol. The Morgan fingerprint density at radius 3 is 2.17 bits per heavy atom. The molecule has 0 fully saturated rings. The highest BCUT2D eigenvalue weighted by atomic mass is 32.2. The van der Waals surface area contributed by atoms with E-state index in [-0.39, 0.29) is 30.3 Å². The average molecular weight is 516 g/mol. The minimum Gasteiger partial charge on any atom is -0.469 e. The average Bonchev–Trinajstić information content (AvgIpc) is 2.81. The van der Waals surface area contributed by atoms with Crippen LogP contribution in [-0.2, 0) is 35.7 Å². The molecule has 36 heavy (non-hydrogen) atoms. The molecule has 0 heterocycles. The second kappa shape index (κ2) is 13.4. The maximum Gasteiger partial charge on any atom is 0.312 e. The number of ether oxygens (including phenoxy) is 2. The van der Waals surface area contributed by atoms with E-state index >= 15 is 0 Å². The van der Waals surface area contributed by atoms with Gasteiger partial charge in [0, 0.05) is 12.5 Å². The first kappa shape index (κ1) is 29.3. The predicted octanol–water partition coefficient (Wildman–Crippen LogP) is 4.78. The van der Waals surface area contributed by atoms with Crippen LogP contribution in [0, 0.1) is 32.6 Å². The van der Waals surface area contributed by atoms with Crippen LogP contribution in [0.5, 0.6) is 0 Å². The molecule has 2 atom stereocenters. The van der Waals surface area contributed by atoms with Crippen molar-refractivity contribution >= 4 is 22.0 Å². The molecule has 0 aromatic heterocycles. The highest BCUT2D eigenvalue weighted by Gasteiger charge is 2.25. The van der Waals surface area contributed by atoms with Gasteiger partial charge >= 0.3 is 11.9 Å². The number of carbonyl (C=O) groups excluding carboxylic acids is 2. The van der Waals surface area contributed by atoms with Gasteiger partial charge in [-0.2, -0.15) is 0 Å². The van der Waals surface area contributed by atoms with Crippen molar-refractivity contribution in [2.24, 2.45) is 11.8 Å². The van der Waals surface area contributed by atoms with E-state index in [1.165, 1.54) is 7.11 Å². The number of aryl methyl sites for hydroxylation is 3. The highest BCUT2D eigenvalue weighted by Crippen LogP contribution is 2.23. The number of hydrogen-bond acceptors (Lipinski definition) is 6. The molecule has 2 rings (SSSR count). The van der Waals surface area contributed by atoms with Crippen molar-refractivity contribution in [1.29, 1.82) is 0 Å². The van der Waals surface area contributed by atoms with Crippen LogP contribution in [-0.4, -0.2) is 33.5 Å². The zero-order valence-electron chi connectivity index (χ0n) is 21.9. The van der Waals surface area contributed by atoms with Crippen LogP contribution in [0.2, 0.25) is 0 Å². The molecular weight excluding hydrogens is 478 g/mol. The van der Waals surface area contributed by atoms with E-state index in [0.717, 1.165) is 11.1 Å². The van der Waals surface area contributed by atoms with Crippen molar-refractivity contribution in [1.82, 2.24) is 4.72 Å². The first-order valence-electron chi connectivity index (χ1n) is 12.0. The summed E-state index contributed by atoms with van der Waals surface area (Å²) in [6.45, 7) is 9.42. The number of esters is 2. The van der Waals surface area contributed by atoms with E-state index in [9.17, 15) is 18.0 Å². The Morgan fingerprint density at radius 1 is 1.00 bits per heavy atom. The van der Waals surface area contributed by atoms with Crippen LogP contribution in [0.3, 0.4) is 0 Å². The maximum atomic E-state index is 13.2. The summed E-state index contributed by atoms with van der Waals surface area (Å²) in [7, 11) is -2.53. The quantitative estimate of drug-likeness (QED) is 0.323. The van der Waals surface area contributed by atoms with Crippen LogP contribution >= 0.6 is 0 Å². The number of nitrogens with one attached hydrogen (secondary N) is 1. The topological polar surface area (TPSA) is 98.8 Å². The lowest BCUT2D eigenvalue weighted by atomic mass is 9.99. The largest absolute Gasteiger partial charge is 0.469 e. The highest BCUT2D eigenvalue weighted by molar-refractivity contribution is 7.89. The van der Waals surface area contributed by atoms with Crippen LogP contribution in [0.4, 0.5) is 0 Å². The Hall–Kier alpha value is -2.97. The third-order valence-corrected chi connectivity index (χ3v) is 7.60. The Bertz CT molecular complexity index is 1150. The van der Waals surface area contributed by atoms with Gasteiger partial charge < -0.3 is 9.47 Å². The molecule has 7 nitrogen and oxygen atoms in total. The molecule has 0 unspecified atom stereocenters. The fourth-order valence-corrected chi connectivity index (χ4v) is 5.80. The second-order valence-corrected chi connectivity index (χ2v) is 11.0. The Morgan fingerprint density at radius 2 is 1.61 bits per heavy atom. The fourth-order valence-electron chi connectivity index (χ4n) is 4.01. The third kappa shape index (κ3) is 8.60. The van der Waals surface area contributed by atoms with Gasteiger partial charge in [0.1, 0.15) is 6.61 Å². The molecule has 8 heteroatoms. The van der Waals surface area contributed by atoms with Crippen molar-refractivity contribution < 1.29 is 27.5 Å². The first-order valence-corrected chi connectivity index (χ1v) is 13.5. The lowest BCUT2D eigenvalue weighted by Gasteiger charge is -2.21. The van der Waals surface area contributed by atoms with E-state index in [0.29, 0.717) is 11.1 Å². The monoisotopic (exact) mass is 515 g/mol. The SMILES string of the molecule is COC(=O)[C@H](/C=C/[C@@H](NS(=O)(=O)c1c(C)cc(C)cc1C)C(C)C)CCC(=O)OCc1ccccc1. The van der Waals surface area contributed by atoms with Gasteiger partial charge in [0.2, 0.25) is 10.0 Å². The molecule has 0 aliphatic rings. The van der Waals surface area contributed by atoms with Crippen molar-refractivity contribution in [2.75, 3.05) is 7.11 Å². The standard InChI is InChI=1S/C28H37NO6S/c1-19(2)25(29-36(32,33)27-21(4)16-20(3)17-22(27)5)14-12-24(28(31)34-6)13-15-26(30)35-18-23-10-8-7-9-11-23/h7-12,14,16-17,19,24-25,29H,13,15,18H2,1-6H3/b14-12+/t24-,25-/m1/s1. The summed E-state index contributed by atoms with van der Waals surface area (Å²) in [4.78, 5) is 24.8. The minimum absolute atomic E-state index is 0.0246. The minimum atomic E-state index is -3.81. The van der Waals surface area contributed by atoms with E-state index in [4.69, 9.17) is 9.47 Å². The van der Waals surface area contributed by atoms with E-state index in [1.807, 2.05) is 63.2 Å². The Balaban J connectivity index is 2.11. The molecule has 0 saturated heterocycles. The Labute approximate surface area is 214 Å². The molecule has 2 aromatic carbocycles. The summed E-state index contributed by atoms with van der Waals surface area (Å²) in [5, 5.41) is 0. The molecule has 1 N–H and O–H groups in total. The fraction of sp³-hybridized carbons (Fsp3) is 0.429. The summed E-state index contributed by atoms with van der Waals surface area (Å²) in [5.74, 6) is -1.73. The van der Waals surface area contributed by atoms with Gasteiger partial charge in [-0.1, -0.05) is 74.0 Å². The van der Waals surface area contributed by atoms with Crippen LogP contribution in [0.1, 0.15) is 48.9 Å². The normalized spacial score (nSPS) is 13.5. The van der Waals surface area contributed by atoms with Gasteiger partial charge in [-0.25, -0.2) is 13.1 Å². The van der Waals surface area contributed by atoms with E-state index in [1.54, 1.807) is 26.0 Å². The van der Waals surface area contributed by atoms with Crippen LogP contribution in [0.25, 0.3) is 0 Å². The van der Waals surface area contributed by atoms with Gasteiger partial charge in [-0.3, -0.25) is 9.59 Å². The summed E-state index contributed by atoms with van der Waals surface area (Å²) < 4.78 is 39.4. The smallest absolute Gasteiger partial charge is 0.312 e. The number of carbonyl (C=O) groups is 2. The summed E-state index contributed by atoms with van der Waals surface area (Å²) in [5.41, 5.74) is 3.22. The number of benzene rings is 2. The lowest BCUT2D eigenvalue weighted by molar-refractivity contribution is -0.147. The van der Waals surface area contributed by atoms with Gasteiger partial charge in [0.25, 0.3) is 0 Å². The molecule has 196 valence electrons. The molecule has 2 aromatic rings. The molecule has 0 radical (unpaired) electrons. The van der Waals surface area contributed by atoms with Crippen molar-refractivity contribution in [3.05, 3.63) is 76.9 Å². The number of sulfonamides is 1. The Kier molecular flexibility index (Phi) is 10.9. The van der Waals surface area contributed by atoms with Crippen molar-refractivity contribution in [3.63, 3.8) is 0 Å². The van der Waals surface area contributed by atoms with Crippen LogP contribution < -0.4 is 4.72 Å². The molecule has 0 bridgehead atoms. The van der Waals surface area contributed by atoms with Crippen molar-refractivity contribution in [2.45, 2.75) is 65.0 Å². The van der Waals surface area contributed by atoms with Gasteiger partial charge in [0.15, 0.2) is 0 Å². The molecular formula is C28H37NO6S. The van der Waals surface area contributed by atoms with E-state index < -0.39 is 33.9 Å². The maximum absolute atomic E-state index is 13.2. The molecule has 0 aliphatic heterocycles. The lowest BCUT2D eigenvalue weighted by Crippen LogP contribution is -2.38. The second-order valence-electron chi connectivity index (χ2n) is 9.32. The zero-order valence-corrected chi connectivity index (χ0v) is 22.7. The zero-order chi connectivity index (χ0) is 26.9. The summed E-state index contributed by atoms with van der Waals surface area (Å²) >= 11 is 0. The van der Waals surface area contributed by atoms with Crippen LogP contribution in [0.15, 0.2) is 59.5 Å². The number of rotatable bonds is 12. The van der Waals surface area contributed by atoms with E-state index in [2.05, 4.69) is 4.72 Å². The summed E-state index contributed by atoms with van der Waals surface area (Å²) in [6, 6.07) is 12.4. The molecule has 0 aliphatic carbocycles.